The highest BCUT2D eigenvalue weighted by Crippen LogP contribution is 2.25. The van der Waals surface area contributed by atoms with Gasteiger partial charge in [-0.3, -0.25) is 4.68 Å². The average molecular weight is 288 g/mol. The Morgan fingerprint density at radius 1 is 1.38 bits per heavy atom. The van der Waals surface area contributed by atoms with Crippen LogP contribution in [0.25, 0.3) is 0 Å². The highest BCUT2D eigenvalue weighted by Gasteiger charge is 2.15. The first-order chi connectivity index (χ1) is 10.2. The van der Waals surface area contributed by atoms with Crippen molar-refractivity contribution < 1.29 is 4.74 Å². The summed E-state index contributed by atoms with van der Waals surface area (Å²) in [5.74, 6) is 1.90. The van der Waals surface area contributed by atoms with Crippen LogP contribution in [0.3, 0.4) is 0 Å². The second kappa shape index (κ2) is 7.22. The van der Waals surface area contributed by atoms with Crippen LogP contribution in [0.5, 0.6) is 5.75 Å². The second-order valence-electron chi connectivity index (χ2n) is 5.24. The van der Waals surface area contributed by atoms with Gasteiger partial charge in [0.1, 0.15) is 17.9 Å². The van der Waals surface area contributed by atoms with Gasteiger partial charge in [0.25, 0.3) is 0 Å². The number of ether oxygens (including phenoxy) is 1. The van der Waals surface area contributed by atoms with E-state index >= 15 is 0 Å². The van der Waals surface area contributed by atoms with Crippen molar-refractivity contribution >= 4 is 0 Å². The molecule has 5 nitrogen and oxygen atoms in total. The van der Waals surface area contributed by atoms with Crippen LogP contribution in [0.1, 0.15) is 36.3 Å². The largest absolute Gasteiger partial charge is 0.496 e. The third-order valence-corrected chi connectivity index (χ3v) is 3.67. The molecule has 0 saturated heterocycles. The molecule has 1 aromatic carbocycles. The molecule has 0 radical (unpaired) electrons. The predicted octanol–water partition coefficient (Wildman–Crippen LogP) is 2.42. The molecule has 21 heavy (non-hydrogen) atoms. The van der Waals surface area contributed by atoms with Crippen molar-refractivity contribution in [2.45, 2.75) is 32.7 Å². The van der Waals surface area contributed by atoms with E-state index in [4.69, 9.17) is 4.74 Å². The van der Waals surface area contributed by atoms with Crippen molar-refractivity contribution in [3.05, 3.63) is 41.5 Å². The number of aromatic nitrogens is 3. The summed E-state index contributed by atoms with van der Waals surface area (Å²) in [4.78, 5) is 4.33. The fourth-order valence-corrected chi connectivity index (χ4v) is 2.37. The molecule has 0 aliphatic carbocycles. The lowest BCUT2D eigenvalue weighted by atomic mass is 10.0. The molecule has 114 valence electrons. The van der Waals surface area contributed by atoms with Crippen LogP contribution in [0.4, 0.5) is 0 Å². The van der Waals surface area contributed by atoms with Gasteiger partial charge in [0.2, 0.25) is 0 Å². The molecule has 1 atom stereocenters. The SMILES string of the molecule is CCCNC(Cc1ncnn1C)c1ccc(C)c(OC)c1. The van der Waals surface area contributed by atoms with Crippen LogP contribution in [0.15, 0.2) is 24.5 Å². The summed E-state index contributed by atoms with van der Waals surface area (Å²) in [6, 6.07) is 6.58. The van der Waals surface area contributed by atoms with E-state index in [2.05, 4.69) is 47.4 Å². The maximum atomic E-state index is 5.44. The zero-order valence-corrected chi connectivity index (χ0v) is 13.3. The smallest absolute Gasteiger partial charge is 0.138 e. The summed E-state index contributed by atoms with van der Waals surface area (Å²) in [6.07, 6.45) is 3.50. The molecule has 1 aromatic heterocycles. The van der Waals surface area contributed by atoms with Gasteiger partial charge < -0.3 is 10.1 Å². The Hall–Kier alpha value is -1.88. The first-order valence-corrected chi connectivity index (χ1v) is 7.36. The van der Waals surface area contributed by atoms with Gasteiger partial charge in [-0.2, -0.15) is 5.10 Å². The Balaban J connectivity index is 2.24. The molecular weight excluding hydrogens is 264 g/mol. The minimum absolute atomic E-state index is 0.211. The minimum atomic E-state index is 0.211. The van der Waals surface area contributed by atoms with Gasteiger partial charge in [0, 0.05) is 19.5 Å². The lowest BCUT2D eigenvalue weighted by molar-refractivity contribution is 0.409. The number of benzene rings is 1. The summed E-state index contributed by atoms with van der Waals surface area (Å²) in [7, 11) is 3.64. The van der Waals surface area contributed by atoms with E-state index < -0.39 is 0 Å². The highest BCUT2D eigenvalue weighted by atomic mass is 16.5. The third-order valence-electron chi connectivity index (χ3n) is 3.67. The highest BCUT2D eigenvalue weighted by molar-refractivity contribution is 5.38. The Bertz CT molecular complexity index is 579. The van der Waals surface area contributed by atoms with E-state index in [1.165, 1.54) is 5.56 Å². The third kappa shape index (κ3) is 3.82. The zero-order valence-electron chi connectivity index (χ0n) is 13.3. The fraction of sp³-hybridized carbons (Fsp3) is 0.500. The number of hydrogen-bond donors (Lipinski definition) is 1. The van der Waals surface area contributed by atoms with Gasteiger partial charge in [-0.25, -0.2) is 4.98 Å². The molecule has 1 unspecified atom stereocenters. The molecule has 0 saturated carbocycles. The summed E-state index contributed by atoms with van der Waals surface area (Å²) in [6.45, 7) is 5.20. The average Bonchev–Trinajstić information content (AvgIpc) is 2.89. The fourth-order valence-electron chi connectivity index (χ4n) is 2.37. The molecule has 0 amide bonds. The number of methoxy groups -OCH3 is 1. The molecule has 1 N–H and O–H groups in total. The number of nitrogens with zero attached hydrogens (tertiary/aromatic N) is 3. The van der Waals surface area contributed by atoms with E-state index in [9.17, 15) is 0 Å². The summed E-state index contributed by atoms with van der Waals surface area (Å²) < 4.78 is 7.26. The number of aryl methyl sites for hydroxylation is 2. The van der Waals surface area contributed by atoms with Crippen molar-refractivity contribution in [1.29, 1.82) is 0 Å². The Morgan fingerprint density at radius 2 is 2.19 bits per heavy atom. The van der Waals surface area contributed by atoms with Gasteiger partial charge >= 0.3 is 0 Å². The molecule has 0 aliphatic rings. The molecule has 2 rings (SSSR count). The number of hydrogen-bond acceptors (Lipinski definition) is 4. The van der Waals surface area contributed by atoms with Crippen LogP contribution in [0, 0.1) is 6.92 Å². The Morgan fingerprint density at radius 3 is 2.81 bits per heavy atom. The number of nitrogens with one attached hydrogen (secondary N) is 1. The van der Waals surface area contributed by atoms with Crippen molar-refractivity contribution in [2.75, 3.05) is 13.7 Å². The summed E-state index contributed by atoms with van der Waals surface area (Å²) >= 11 is 0. The van der Waals surface area contributed by atoms with Crippen LogP contribution >= 0.6 is 0 Å². The zero-order chi connectivity index (χ0) is 15.2. The lowest BCUT2D eigenvalue weighted by Gasteiger charge is -2.20. The van der Waals surface area contributed by atoms with E-state index in [1.54, 1.807) is 13.4 Å². The molecule has 0 fully saturated rings. The molecule has 2 aromatic rings. The minimum Gasteiger partial charge on any atom is -0.496 e. The molecule has 1 heterocycles. The van der Waals surface area contributed by atoms with E-state index in [1.807, 2.05) is 11.7 Å². The molecule has 0 bridgehead atoms. The summed E-state index contributed by atoms with van der Waals surface area (Å²) in [5.41, 5.74) is 2.36. The topological polar surface area (TPSA) is 52.0 Å². The van der Waals surface area contributed by atoms with Gasteiger partial charge in [-0.1, -0.05) is 19.1 Å². The first kappa shape index (κ1) is 15.5. The normalized spacial score (nSPS) is 12.4. The predicted molar refractivity (Wildman–Crippen MR) is 83.5 cm³/mol. The second-order valence-corrected chi connectivity index (χ2v) is 5.24. The standard InChI is InChI=1S/C16H24N4O/c1-5-8-17-14(10-16-18-11-19-20(16)3)13-7-6-12(2)15(9-13)21-4/h6-7,9,11,14,17H,5,8,10H2,1-4H3. The van der Waals surface area contributed by atoms with Gasteiger partial charge in [0.05, 0.1) is 7.11 Å². The quantitative estimate of drug-likeness (QED) is 0.850. The lowest BCUT2D eigenvalue weighted by Crippen LogP contribution is -2.25. The van der Waals surface area contributed by atoms with Gasteiger partial charge in [-0.05, 0) is 37.1 Å². The van der Waals surface area contributed by atoms with Crippen molar-refractivity contribution in [3.8, 4) is 5.75 Å². The maximum absolute atomic E-state index is 5.44. The molecular formula is C16H24N4O. The van der Waals surface area contributed by atoms with Crippen LogP contribution < -0.4 is 10.1 Å². The molecule has 0 aliphatic heterocycles. The summed E-state index contributed by atoms with van der Waals surface area (Å²) in [5, 5.41) is 7.73. The van der Waals surface area contributed by atoms with Crippen LogP contribution in [-0.4, -0.2) is 28.4 Å². The first-order valence-electron chi connectivity index (χ1n) is 7.36. The maximum Gasteiger partial charge on any atom is 0.138 e. The number of rotatable bonds is 7. The van der Waals surface area contributed by atoms with E-state index in [0.29, 0.717) is 0 Å². The van der Waals surface area contributed by atoms with E-state index in [-0.39, 0.29) is 6.04 Å². The monoisotopic (exact) mass is 288 g/mol. The molecule has 5 heteroatoms. The van der Waals surface area contributed by atoms with Crippen molar-refractivity contribution in [1.82, 2.24) is 20.1 Å². The van der Waals surface area contributed by atoms with Crippen molar-refractivity contribution in [2.24, 2.45) is 7.05 Å². The Kier molecular flexibility index (Phi) is 5.33. The van der Waals surface area contributed by atoms with Crippen LogP contribution in [0.2, 0.25) is 0 Å². The van der Waals surface area contributed by atoms with Crippen LogP contribution in [-0.2, 0) is 13.5 Å². The van der Waals surface area contributed by atoms with Gasteiger partial charge in [0.15, 0.2) is 0 Å². The molecule has 0 spiro atoms. The van der Waals surface area contributed by atoms with Gasteiger partial charge in [-0.15, -0.1) is 0 Å². The van der Waals surface area contributed by atoms with E-state index in [0.717, 1.165) is 36.5 Å². The Labute approximate surface area is 126 Å². The van der Waals surface area contributed by atoms with Crippen molar-refractivity contribution in [3.63, 3.8) is 0 Å².